The van der Waals surface area contributed by atoms with E-state index in [4.69, 9.17) is 0 Å². The third kappa shape index (κ3) is 5.68. The molecule has 0 aliphatic rings. The maximum atomic E-state index is 2.51. The molecule has 0 bridgehead atoms. The Morgan fingerprint density at radius 1 is 0.917 bits per heavy atom. The largest absolute Gasteiger partial charge is 0.108 e. The summed E-state index contributed by atoms with van der Waals surface area (Å²) in [5, 5.41) is 0. The van der Waals surface area contributed by atoms with Gasteiger partial charge in [-0.15, -0.1) is 7.82 Å². The van der Waals surface area contributed by atoms with E-state index in [0.29, 0.717) is 7.61 Å². The molecule has 0 aliphatic heterocycles. The van der Waals surface area contributed by atoms with Gasteiger partial charge in [-0.2, -0.15) is 0 Å². The van der Waals surface area contributed by atoms with E-state index in [1.54, 1.807) is 0 Å². The van der Waals surface area contributed by atoms with Crippen molar-refractivity contribution < 1.29 is 0 Å². The van der Waals surface area contributed by atoms with Crippen LogP contribution in [0.25, 0.3) is 0 Å². The van der Waals surface area contributed by atoms with Gasteiger partial charge in [-0.3, -0.25) is 0 Å². The molecule has 0 aliphatic carbocycles. The predicted molar refractivity (Wildman–Crippen MR) is 68.9 cm³/mol. The molecule has 12 heavy (non-hydrogen) atoms. The Hall–Kier alpha value is 1.08. The van der Waals surface area contributed by atoms with Crippen LogP contribution in [0.1, 0.15) is 27.7 Å². The van der Waals surface area contributed by atoms with Crippen LogP contribution in [0.4, 0.5) is 0 Å². The number of hydrogen-bond acceptors (Lipinski definition) is 0. The Labute approximate surface area is 82.2 Å². The van der Waals surface area contributed by atoms with Gasteiger partial charge < -0.3 is 0 Å². The van der Waals surface area contributed by atoms with E-state index < -0.39 is 7.74 Å². The van der Waals surface area contributed by atoms with Crippen LogP contribution in [0.15, 0.2) is 0 Å². The van der Waals surface area contributed by atoms with Crippen molar-refractivity contribution in [1.29, 1.82) is 0 Å². The van der Waals surface area contributed by atoms with Crippen LogP contribution in [0.5, 0.6) is 0 Å². The number of rotatable bonds is 4. The topological polar surface area (TPSA) is 0 Å². The normalized spacial score (nSPS) is 14.5. The third-order valence-corrected chi connectivity index (χ3v) is 19.0. The van der Waals surface area contributed by atoms with Crippen molar-refractivity contribution in [2.75, 3.05) is 0 Å². The molecule has 0 spiro atoms. The van der Waals surface area contributed by atoms with Gasteiger partial charge >= 0.3 is 0 Å². The molecule has 0 amide bonds. The van der Waals surface area contributed by atoms with E-state index in [-0.39, 0.29) is 0 Å². The summed E-state index contributed by atoms with van der Waals surface area (Å²) in [6, 6.07) is 0. The second-order valence-electron chi connectivity index (χ2n) is 4.96. The van der Waals surface area contributed by atoms with E-state index in [2.05, 4.69) is 47.3 Å². The quantitative estimate of drug-likeness (QED) is 0.477. The van der Waals surface area contributed by atoms with Crippen molar-refractivity contribution in [3.63, 3.8) is 0 Å². The molecule has 3 heteroatoms. The van der Waals surface area contributed by atoms with Crippen LogP contribution in [-0.4, -0.2) is 19.1 Å². The monoisotopic (exact) mass is 222 g/mol. The molecular formula is C9H24P2Si. The van der Waals surface area contributed by atoms with E-state index in [1.807, 2.05) is 0 Å². The minimum atomic E-state index is -0.789. The summed E-state index contributed by atoms with van der Waals surface area (Å²) in [6.07, 6.45) is 0. The molecule has 0 nitrogen and oxygen atoms in total. The average Bonchev–Trinajstić information content (AvgIpc) is 1.79. The highest BCUT2D eigenvalue weighted by atomic mass is 32.2. The summed E-state index contributed by atoms with van der Waals surface area (Å²) >= 11 is 0. The highest BCUT2D eigenvalue weighted by Gasteiger charge is 2.24. The zero-order valence-electron chi connectivity index (χ0n) is 9.60. The fraction of sp³-hybridized carbons (Fsp3) is 1.00. The van der Waals surface area contributed by atoms with Crippen molar-refractivity contribution in [3.05, 3.63) is 0 Å². The Bertz CT molecular complexity index is 119. The lowest BCUT2D eigenvalue weighted by Gasteiger charge is -2.31. The number of hydrogen-bond donors (Lipinski definition) is 0. The molecule has 0 radical (unpaired) electrons. The first-order valence-corrected chi connectivity index (χ1v) is 12.6. The smallest absolute Gasteiger partial charge is 0.0734 e. The van der Waals surface area contributed by atoms with Crippen molar-refractivity contribution in [1.82, 2.24) is 0 Å². The first kappa shape index (κ1) is 13.1. The van der Waals surface area contributed by atoms with Gasteiger partial charge in [-0.1, -0.05) is 54.9 Å². The van der Waals surface area contributed by atoms with Crippen LogP contribution in [-0.2, 0) is 0 Å². The zero-order valence-corrected chi connectivity index (χ0v) is 12.5. The van der Waals surface area contributed by atoms with Crippen LogP contribution in [0, 0.1) is 0 Å². The summed E-state index contributed by atoms with van der Waals surface area (Å²) in [5.41, 5.74) is 1.87. The van der Waals surface area contributed by atoms with Crippen molar-refractivity contribution >= 4 is 23.2 Å². The highest BCUT2D eigenvalue weighted by molar-refractivity contribution is 8.35. The summed E-state index contributed by atoms with van der Waals surface area (Å²) in [5.74, 6) is 0. The fourth-order valence-electron chi connectivity index (χ4n) is 1.24. The van der Waals surface area contributed by atoms with E-state index in [9.17, 15) is 0 Å². The first-order chi connectivity index (χ1) is 5.24. The molecule has 0 N–H and O–H groups in total. The Morgan fingerprint density at radius 3 is 1.33 bits per heavy atom. The SMILES string of the molecule is CC(C)P(P[Si](C)(C)C)C(C)C. The molecule has 1 unspecified atom stereocenters. The molecule has 0 saturated heterocycles. The molecule has 0 heterocycles. The van der Waals surface area contributed by atoms with Gasteiger partial charge in [0.1, 0.15) is 0 Å². The molecule has 1 atom stereocenters. The average molecular weight is 222 g/mol. The van der Waals surface area contributed by atoms with Gasteiger partial charge in [0.05, 0.1) is 7.74 Å². The lowest BCUT2D eigenvalue weighted by atomic mass is 10.5. The van der Waals surface area contributed by atoms with E-state index in [1.165, 1.54) is 7.82 Å². The zero-order chi connectivity index (χ0) is 9.94. The second-order valence-corrected chi connectivity index (χ2v) is 21.3. The Morgan fingerprint density at radius 2 is 1.25 bits per heavy atom. The molecule has 0 fully saturated rings. The molecule has 0 rings (SSSR count). The maximum absolute atomic E-state index is 2.51. The van der Waals surface area contributed by atoms with Crippen LogP contribution < -0.4 is 0 Å². The lowest BCUT2D eigenvalue weighted by Crippen LogP contribution is -2.13. The van der Waals surface area contributed by atoms with Gasteiger partial charge in [0.15, 0.2) is 0 Å². The van der Waals surface area contributed by atoms with Gasteiger partial charge in [0, 0.05) is 0 Å². The minimum Gasteiger partial charge on any atom is -0.108 e. The van der Waals surface area contributed by atoms with Crippen LogP contribution >= 0.6 is 15.4 Å². The predicted octanol–water partition coefficient (Wildman–Crippen LogP) is 4.71. The van der Waals surface area contributed by atoms with Crippen LogP contribution in [0.3, 0.4) is 0 Å². The molecule has 0 aromatic rings. The molecule has 74 valence electrons. The summed E-state index contributed by atoms with van der Waals surface area (Å²) in [7, 11) is 0.831. The van der Waals surface area contributed by atoms with Crippen molar-refractivity contribution in [2.24, 2.45) is 0 Å². The second kappa shape index (κ2) is 5.08. The van der Waals surface area contributed by atoms with Crippen molar-refractivity contribution in [2.45, 2.75) is 58.7 Å². The summed E-state index contributed by atoms with van der Waals surface area (Å²) < 4.78 is 0. The summed E-state index contributed by atoms with van der Waals surface area (Å²) in [6.45, 7) is 17.1. The molecule has 0 saturated carbocycles. The van der Waals surface area contributed by atoms with Crippen molar-refractivity contribution in [3.8, 4) is 0 Å². The fourth-order valence-corrected chi connectivity index (χ4v) is 19.2. The standard InChI is InChI=1S/C9H24P2Si/c1-8(2)11(9(3)4)10-12(5,6)7/h8-10H,1-7H3. The van der Waals surface area contributed by atoms with Crippen LogP contribution in [0.2, 0.25) is 19.6 Å². The molecular weight excluding hydrogens is 198 g/mol. The minimum absolute atomic E-state index is 0.323. The lowest BCUT2D eigenvalue weighted by molar-refractivity contribution is 1.03. The Kier molecular flexibility index (Phi) is 5.54. The first-order valence-electron chi connectivity index (χ1n) is 4.80. The van der Waals surface area contributed by atoms with E-state index in [0.717, 1.165) is 11.3 Å². The third-order valence-electron chi connectivity index (χ3n) is 1.58. The molecule has 0 aromatic carbocycles. The van der Waals surface area contributed by atoms with E-state index >= 15 is 0 Å². The highest BCUT2D eigenvalue weighted by Crippen LogP contribution is 2.65. The van der Waals surface area contributed by atoms with Gasteiger partial charge in [0.25, 0.3) is 0 Å². The maximum Gasteiger partial charge on any atom is 0.0734 e. The van der Waals surface area contributed by atoms with Gasteiger partial charge in [-0.25, -0.2) is 0 Å². The van der Waals surface area contributed by atoms with Gasteiger partial charge in [-0.05, 0) is 11.3 Å². The van der Waals surface area contributed by atoms with Gasteiger partial charge in [0.2, 0.25) is 0 Å². The Balaban J connectivity index is 4.15. The summed E-state index contributed by atoms with van der Waals surface area (Å²) in [4.78, 5) is 0. The molecule has 0 aromatic heterocycles.